The van der Waals surface area contributed by atoms with Crippen molar-refractivity contribution in [3.63, 3.8) is 0 Å². The SMILES string of the molecule is Cc1cc(=O)n(CC(=O)Nc2cc([N+](=O)[O-])ccc2C)cn1. The van der Waals surface area contributed by atoms with Crippen LogP contribution in [0.1, 0.15) is 11.3 Å². The highest BCUT2D eigenvalue weighted by Gasteiger charge is 2.12. The van der Waals surface area contributed by atoms with Crippen molar-refractivity contribution in [3.8, 4) is 0 Å². The molecule has 0 aliphatic carbocycles. The van der Waals surface area contributed by atoms with Gasteiger partial charge in [-0.05, 0) is 19.4 Å². The molecular weight excluding hydrogens is 288 g/mol. The highest BCUT2D eigenvalue weighted by Crippen LogP contribution is 2.21. The average Bonchev–Trinajstić information content (AvgIpc) is 2.44. The Morgan fingerprint density at radius 2 is 2.09 bits per heavy atom. The zero-order chi connectivity index (χ0) is 16.3. The first kappa shape index (κ1) is 15.4. The predicted molar refractivity (Wildman–Crippen MR) is 79.7 cm³/mol. The maximum Gasteiger partial charge on any atom is 0.271 e. The molecule has 22 heavy (non-hydrogen) atoms. The monoisotopic (exact) mass is 302 g/mol. The maximum absolute atomic E-state index is 12.0. The lowest BCUT2D eigenvalue weighted by molar-refractivity contribution is -0.384. The molecule has 1 heterocycles. The molecule has 2 aromatic rings. The highest BCUT2D eigenvalue weighted by molar-refractivity contribution is 5.91. The summed E-state index contributed by atoms with van der Waals surface area (Å²) in [7, 11) is 0. The summed E-state index contributed by atoms with van der Waals surface area (Å²) in [5.41, 5.74) is 1.14. The van der Waals surface area contributed by atoms with E-state index in [0.717, 1.165) is 4.57 Å². The topological polar surface area (TPSA) is 107 Å². The fourth-order valence-corrected chi connectivity index (χ4v) is 1.84. The quantitative estimate of drug-likeness (QED) is 0.678. The number of anilines is 1. The van der Waals surface area contributed by atoms with E-state index >= 15 is 0 Å². The van der Waals surface area contributed by atoms with Gasteiger partial charge >= 0.3 is 0 Å². The van der Waals surface area contributed by atoms with E-state index in [1.54, 1.807) is 19.9 Å². The zero-order valence-electron chi connectivity index (χ0n) is 12.1. The molecule has 0 unspecified atom stereocenters. The van der Waals surface area contributed by atoms with Crippen LogP contribution in [0.4, 0.5) is 11.4 Å². The lowest BCUT2D eigenvalue weighted by atomic mass is 10.2. The van der Waals surface area contributed by atoms with Crippen LogP contribution in [0.25, 0.3) is 0 Å². The van der Waals surface area contributed by atoms with E-state index in [2.05, 4.69) is 10.3 Å². The Hall–Kier alpha value is -3.03. The Kier molecular flexibility index (Phi) is 4.31. The minimum absolute atomic E-state index is 0.116. The van der Waals surface area contributed by atoms with Gasteiger partial charge in [-0.3, -0.25) is 24.3 Å². The van der Waals surface area contributed by atoms with Crippen molar-refractivity contribution in [3.05, 3.63) is 62.3 Å². The summed E-state index contributed by atoms with van der Waals surface area (Å²) in [5, 5.41) is 13.3. The van der Waals surface area contributed by atoms with E-state index in [-0.39, 0.29) is 17.8 Å². The Labute approximate surface area is 125 Å². The van der Waals surface area contributed by atoms with Crippen molar-refractivity contribution in [2.45, 2.75) is 20.4 Å². The smallest absolute Gasteiger partial charge is 0.271 e. The molecule has 1 aromatic carbocycles. The number of non-ortho nitro benzene ring substituents is 1. The summed E-state index contributed by atoms with van der Waals surface area (Å²) < 4.78 is 1.16. The Morgan fingerprint density at radius 1 is 1.36 bits per heavy atom. The van der Waals surface area contributed by atoms with Gasteiger partial charge < -0.3 is 5.32 Å². The lowest BCUT2D eigenvalue weighted by Gasteiger charge is -2.09. The number of nitrogens with one attached hydrogen (secondary N) is 1. The van der Waals surface area contributed by atoms with Crippen molar-refractivity contribution in [1.82, 2.24) is 9.55 Å². The van der Waals surface area contributed by atoms with Crippen LogP contribution in [0.5, 0.6) is 0 Å². The summed E-state index contributed by atoms with van der Waals surface area (Å²) in [6.07, 6.45) is 1.29. The summed E-state index contributed by atoms with van der Waals surface area (Å²) in [4.78, 5) is 37.8. The highest BCUT2D eigenvalue weighted by atomic mass is 16.6. The number of amides is 1. The van der Waals surface area contributed by atoms with Crippen molar-refractivity contribution in [2.24, 2.45) is 0 Å². The van der Waals surface area contributed by atoms with E-state index in [9.17, 15) is 19.7 Å². The van der Waals surface area contributed by atoms with E-state index in [4.69, 9.17) is 0 Å². The fourth-order valence-electron chi connectivity index (χ4n) is 1.84. The van der Waals surface area contributed by atoms with Gasteiger partial charge in [-0.25, -0.2) is 4.98 Å². The molecule has 114 valence electrons. The van der Waals surface area contributed by atoms with Crippen LogP contribution >= 0.6 is 0 Å². The molecule has 8 nitrogen and oxygen atoms in total. The fraction of sp³-hybridized carbons (Fsp3) is 0.214. The molecule has 0 aliphatic rings. The number of nitrogens with zero attached hydrogens (tertiary/aromatic N) is 3. The minimum Gasteiger partial charge on any atom is -0.324 e. The third-order valence-electron chi connectivity index (χ3n) is 3.04. The standard InChI is InChI=1S/C14H14N4O4/c1-9-3-4-11(18(21)22)6-12(9)16-13(19)7-17-8-15-10(2)5-14(17)20/h3-6,8H,7H2,1-2H3,(H,16,19). The third-order valence-corrected chi connectivity index (χ3v) is 3.04. The molecule has 8 heteroatoms. The Balaban J connectivity index is 2.17. The number of hydrogen-bond acceptors (Lipinski definition) is 5. The summed E-state index contributed by atoms with van der Waals surface area (Å²) in [6, 6.07) is 5.52. The molecular formula is C14H14N4O4. The predicted octanol–water partition coefficient (Wildman–Crippen LogP) is 1.41. The van der Waals surface area contributed by atoms with Gasteiger partial charge in [-0.1, -0.05) is 6.07 Å². The molecule has 0 saturated carbocycles. The Morgan fingerprint density at radius 3 is 2.73 bits per heavy atom. The summed E-state index contributed by atoms with van der Waals surface area (Å²) in [5.74, 6) is -0.462. The molecule has 0 aliphatic heterocycles. The number of rotatable bonds is 4. The van der Waals surface area contributed by atoms with Crippen LogP contribution in [0.2, 0.25) is 0 Å². The van der Waals surface area contributed by atoms with Gasteiger partial charge in [0.15, 0.2) is 0 Å². The van der Waals surface area contributed by atoms with Crippen LogP contribution in [0, 0.1) is 24.0 Å². The number of aryl methyl sites for hydroxylation is 2. The normalized spacial score (nSPS) is 10.3. The van der Waals surface area contributed by atoms with Gasteiger partial charge in [0, 0.05) is 23.9 Å². The minimum atomic E-state index is -0.538. The molecule has 0 spiro atoms. The lowest BCUT2D eigenvalue weighted by Crippen LogP contribution is -2.27. The van der Waals surface area contributed by atoms with Crippen molar-refractivity contribution in [2.75, 3.05) is 5.32 Å². The van der Waals surface area contributed by atoms with Crippen LogP contribution in [0.3, 0.4) is 0 Å². The molecule has 1 aromatic heterocycles. The van der Waals surface area contributed by atoms with Crippen LogP contribution < -0.4 is 10.9 Å². The van der Waals surface area contributed by atoms with E-state index in [0.29, 0.717) is 16.9 Å². The number of aromatic nitrogens is 2. The largest absolute Gasteiger partial charge is 0.324 e. The van der Waals surface area contributed by atoms with Gasteiger partial charge in [0.25, 0.3) is 11.2 Å². The van der Waals surface area contributed by atoms with E-state index < -0.39 is 10.8 Å². The first-order valence-corrected chi connectivity index (χ1v) is 6.45. The van der Waals surface area contributed by atoms with Crippen LogP contribution in [-0.2, 0) is 11.3 Å². The second kappa shape index (κ2) is 6.17. The molecule has 0 radical (unpaired) electrons. The molecule has 0 bridgehead atoms. The van der Waals surface area contributed by atoms with E-state index in [1.165, 1.54) is 24.5 Å². The van der Waals surface area contributed by atoms with Gasteiger partial charge in [-0.15, -0.1) is 0 Å². The number of benzene rings is 1. The first-order chi connectivity index (χ1) is 10.4. The third kappa shape index (κ3) is 3.54. The molecule has 0 atom stereocenters. The number of nitro benzene ring substituents is 1. The number of carbonyl (C=O) groups excluding carboxylic acids is 1. The summed E-state index contributed by atoms with van der Waals surface area (Å²) >= 11 is 0. The van der Waals surface area contributed by atoms with Crippen LogP contribution in [-0.4, -0.2) is 20.4 Å². The average molecular weight is 302 g/mol. The first-order valence-electron chi connectivity index (χ1n) is 6.45. The molecule has 0 saturated heterocycles. The van der Waals surface area contributed by atoms with E-state index in [1.807, 2.05) is 0 Å². The zero-order valence-corrected chi connectivity index (χ0v) is 12.1. The second-order valence-electron chi connectivity index (χ2n) is 4.80. The maximum atomic E-state index is 12.0. The molecule has 0 fully saturated rings. The molecule has 2 rings (SSSR count). The van der Waals surface area contributed by atoms with Gasteiger partial charge in [0.2, 0.25) is 5.91 Å². The Bertz CT molecular complexity index is 798. The molecule has 1 amide bonds. The second-order valence-corrected chi connectivity index (χ2v) is 4.80. The van der Waals surface area contributed by atoms with Gasteiger partial charge in [0.1, 0.15) is 6.54 Å². The number of nitro groups is 1. The van der Waals surface area contributed by atoms with Crippen molar-refractivity contribution >= 4 is 17.3 Å². The van der Waals surface area contributed by atoms with Crippen molar-refractivity contribution in [1.29, 1.82) is 0 Å². The van der Waals surface area contributed by atoms with Crippen molar-refractivity contribution < 1.29 is 9.72 Å². The van der Waals surface area contributed by atoms with Gasteiger partial charge in [-0.2, -0.15) is 0 Å². The van der Waals surface area contributed by atoms with Crippen LogP contribution in [0.15, 0.2) is 35.4 Å². The number of hydrogen-bond donors (Lipinski definition) is 1. The summed E-state index contributed by atoms with van der Waals surface area (Å²) in [6.45, 7) is 3.19. The molecule has 1 N–H and O–H groups in total. The van der Waals surface area contributed by atoms with Gasteiger partial charge in [0.05, 0.1) is 16.9 Å². The number of carbonyl (C=O) groups is 1.